The minimum absolute atomic E-state index is 0.00874. The van der Waals surface area contributed by atoms with Crippen LogP contribution >= 0.6 is 11.8 Å². The lowest BCUT2D eigenvalue weighted by Gasteiger charge is -2.26. The Kier molecular flexibility index (Phi) is 8.94. The van der Waals surface area contributed by atoms with Gasteiger partial charge in [0.1, 0.15) is 11.6 Å². The molecular weight excluding hydrogens is 274 g/mol. The number of hydrogen-bond donors (Lipinski definition) is 1. The Labute approximate surface area is 127 Å². The Morgan fingerprint density at radius 3 is 2.30 bits per heavy atom. The summed E-state index contributed by atoms with van der Waals surface area (Å²) in [6.07, 6.45) is 2.23. The third-order valence-electron chi connectivity index (χ3n) is 2.52. The summed E-state index contributed by atoms with van der Waals surface area (Å²) in [4.78, 5) is 23.9. The summed E-state index contributed by atoms with van der Waals surface area (Å²) >= 11 is 1.60. The Morgan fingerprint density at radius 1 is 1.25 bits per heavy atom. The fraction of sp³-hybridized carbons (Fsp3) is 0.867. The molecule has 1 N–H and O–H groups in total. The van der Waals surface area contributed by atoms with Crippen molar-refractivity contribution in [2.45, 2.75) is 66.0 Å². The monoisotopic (exact) mass is 303 g/mol. The number of thioether (sulfide) groups is 1. The zero-order valence-electron chi connectivity index (χ0n) is 13.6. The van der Waals surface area contributed by atoms with E-state index in [1.54, 1.807) is 11.8 Å². The zero-order valence-corrected chi connectivity index (χ0v) is 14.4. The van der Waals surface area contributed by atoms with Crippen LogP contribution in [-0.2, 0) is 14.3 Å². The van der Waals surface area contributed by atoms with Gasteiger partial charge in [-0.25, -0.2) is 4.79 Å². The molecule has 0 rings (SSSR count). The highest BCUT2D eigenvalue weighted by atomic mass is 32.2. The third-order valence-corrected chi connectivity index (χ3v) is 3.56. The van der Waals surface area contributed by atoms with Gasteiger partial charge in [-0.3, -0.25) is 4.79 Å². The van der Waals surface area contributed by atoms with Crippen LogP contribution in [0.15, 0.2) is 0 Å². The molecule has 1 amide bonds. The van der Waals surface area contributed by atoms with Crippen LogP contribution in [0.5, 0.6) is 0 Å². The van der Waals surface area contributed by atoms with Crippen molar-refractivity contribution in [3.63, 3.8) is 0 Å². The SMILES string of the molecule is CCCCSCC(=O)N[C@H](C(=O)OC(C)(C)C)C(C)C. The number of unbranched alkanes of at least 4 members (excludes halogenated alkanes) is 1. The van der Waals surface area contributed by atoms with Crippen molar-refractivity contribution in [2.75, 3.05) is 11.5 Å². The maximum absolute atomic E-state index is 12.1. The molecule has 1 atom stereocenters. The molecule has 0 aliphatic heterocycles. The highest BCUT2D eigenvalue weighted by Crippen LogP contribution is 2.13. The first kappa shape index (κ1) is 19.3. The van der Waals surface area contributed by atoms with Gasteiger partial charge in [-0.1, -0.05) is 27.2 Å². The standard InChI is InChI=1S/C15H29NO3S/c1-7-8-9-20-10-12(17)16-13(11(2)3)14(18)19-15(4,5)6/h11,13H,7-10H2,1-6H3,(H,16,17)/t13-/m0/s1. The number of rotatable bonds is 8. The van der Waals surface area contributed by atoms with E-state index in [0.29, 0.717) is 5.75 Å². The van der Waals surface area contributed by atoms with E-state index in [2.05, 4.69) is 12.2 Å². The van der Waals surface area contributed by atoms with Crippen LogP contribution in [0.25, 0.3) is 0 Å². The Morgan fingerprint density at radius 2 is 1.85 bits per heavy atom. The van der Waals surface area contributed by atoms with Crippen LogP contribution in [0, 0.1) is 5.92 Å². The molecule has 0 bridgehead atoms. The summed E-state index contributed by atoms with van der Waals surface area (Å²) in [6, 6.07) is -0.575. The lowest BCUT2D eigenvalue weighted by molar-refractivity contribution is -0.159. The number of ether oxygens (including phenoxy) is 1. The highest BCUT2D eigenvalue weighted by Gasteiger charge is 2.28. The van der Waals surface area contributed by atoms with Crippen LogP contribution in [0.4, 0.5) is 0 Å². The molecule has 0 aromatic rings. The van der Waals surface area contributed by atoms with Gasteiger partial charge in [-0.2, -0.15) is 11.8 Å². The summed E-state index contributed by atoms with van der Waals surface area (Å²) in [5.41, 5.74) is -0.537. The molecular formula is C15H29NO3S. The van der Waals surface area contributed by atoms with Crippen LogP contribution in [-0.4, -0.2) is 35.0 Å². The molecule has 0 spiro atoms. The fourth-order valence-corrected chi connectivity index (χ4v) is 2.40. The van der Waals surface area contributed by atoms with Crippen LogP contribution in [0.1, 0.15) is 54.4 Å². The topological polar surface area (TPSA) is 55.4 Å². The lowest BCUT2D eigenvalue weighted by Crippen LogP contribution is -2.47. The van der Waals surface area contributed by atoms with Crippen molar-refractivity contribution < 1.29 is 14.3 Å². The second-order valence-electron chi connectivity index (χ2n) is 6.23. The number of carbonyl (C=O) groups is 2. The number of esters is 1. The largest absolute Gasteiger partial charge is 0.458 e. The fourth-order valence-electron chi connectivity index (χ4n) is 1.49. The molecule has 0 aromatic heterocycles. The minimum atomic E-state index is -0.575. The summed E-state index contributed by atoms with van der Waals surface area (Å²) in [5, 5.41) is 2.78. The average Bonchev–Trinajstić information content (AvgIpc) is 2.29. The van der Waals surface area contributed by atoms with E-state index in [4.69, 9.17) is 4.74 Å². The van der Waals surface area contributed by atoms with Gasteiger partial charge in [0.15, 0.2) is 0 Å². The maximum atomic E-state index is 12.1. The molecule has 0 aliphatic carbocycles. The summed E-state index contributed by atoms with van der Waals surface area (Å²) in [6.45, 7) is 11.4. The second kappa shape index (κ2) is 9.27. The van der Waals surface area contributed by atoms with Crippen molar-refractivity contribution in [3.8, 4) is 0 Å². The van der Waals surface area contributed by atoms with E-state index in [1.807, 2.05) is 34.6 Å². The molecule has 20 heavy (non-hydrogen) atoms. The van der Waals surface area contributed by atoms with Gasteiger partial charge < -0.3 is 10.1 Å². The molecule has 0 saturated carbocycles. The predicted molar refractivity (Wildman–Crippen MR) is 84.8 cm³/mol. The smallest absolute Gasteiger partial charge is 0.329 e. The van der Waals surface area contributed by atoms with E-state index in [9.17, 15) is 9.59 Å². The van der Waals surface area contributed by atoms with Crippen LogP contribution in [0.3, 0.4) is 0 Å². The molecule has 0 fully saturated rings. The Hall–Kier alpha value is -0.710. The minimum Gasteiger partial charge on any atom is -0.458 e. The van der Waals surface area contributed by atoms with Crippen molar-refractivity contribution >= 4 is 23.6 Å². The van der Waals surface area contributed by atoms with Gasteiger partial charge in [0, 0.05) is 0 Å². The van der Waals surface area contributed by atoms with Gasteiger partial charge in [-0.05, 0) is 38.9 Å². The van der Waals surface area contributed by atoms with Gasteiger partial charge >= 0.3 is 5.97 Å². The van der Waals surface area contributed by atoms with E-state index in [0.717, 1.165) is 18.6 Å². The number of carbonyl (C=O) groups excluding carboxylic acids is 2. The molecule has 0 aromatic carbocycles. The van der Waals surface area contributed by atoms with E-state index >= 15 is 0 Å². The first-order valence-corrected chi connectivity index (χ1v) is 8.42. The van der Waals surface area contributed by atoms with E-state index in [-0.39, 0.29) is 17.8 Å². The van der Waals surface area contributed by atoms with Gasteiger partial charge in [0.25, 0.3) is 0 Å². The summed E-state index contributed by atoms with van der Waals surface area (Å²) in [7, 11) is 0. The molecule has 0 unspecified atom stereocenters. The third kappa shape index (κ3) is 9.23. The predicted octanol–water partition coefficient (Wildman–Crippen LogP) is 3.00. The normalized spacial score (nSPS) is 13.2. The molecule has 4 nitrogen and oxygen atoms in total. The maximum Gasteiger partial charge on any atom is 0.329 e. The summed E-state index contributed by atoms with van der Waals surface area (Å²) in [5.74, 6) is 0.916. The molecule has 118 valence electrons. The first-order chi connectivity index (χ1) is 9.17. The van der Waals surface area contributed by atoms with E-state index in [1.165, 1.54) is 0 Å². The molecule has 0 saturated heterocycles. The number of amides is 1. The van der Waals surface area contributed by atoms with Gasteiger partial charge in [0.2, 0.25) is 5.91 Å². The average molecular weight is 303 g/mol. The van der Waals surface area contributed by atoms with Crippen molar-refractivity contribution in [1.82, 2.24) is 5.32 Å². The quantitative estimate of drug-likeness (QED) is 0.553. The van der Waals surface area contributed by atoms with Gasteiger partial charge in [-0.15, -0.1) is 0 Å². The molecule has 5 heteroatoms. The van der Waals surface area contributed by atoms with Gasteiger partial charge in [0.05, 0.1) is 5.75 Å². The molecule has 0 aliphatic rings. The van der Waals surface area contributed by atoms with Crippen LogP contribution < -0.4 is 5.32 Å². The van der Waals surface area contributed by atoms with Crippen LogP contribution in [0.2, 0.25) is 0 Å². The molecule has 0 radical (unpaired) electrons. The lowest BCUT2D eigenvalue weighted by atomic mass is 10.0. The van der Waals surface area contributed by atoms with Crippen molar-refractivity contribution in [2.24, 2.45) is 5.92 Å². The number of hydrogen-bond acceptors (Lipinski definition) is 4. The first-order valence-electron chi connectivity index (χ1n) is 7.27. The Bertz CT molecular complexity index is 311. The second-order valence-corrected chi connectivity index (χ2v) is 7.33. The summed E-state index contributed by atoms with van der Waals surface area (Å²) < 4.78 is 5.34. The van der Waals surface area contributed by atoms with Crippen molar-refractivity contribution in [3.05, 3.63) is 0 Å². The molecule has 0 heterocycles. The zero-order chi connectivity index (χ0) is 15.8. The Balaban J connectivity index is 4.33. The van der Waals surface area contributed by atoms with Crippen molar-refractivity contribution in [1.29, 1.82) is 0 Å². The highest BCUT2D eigenvalue weighted by molar-refractivity contribution is 7.99. The number of nitrogens with one attached hydrogen (secondary N) is 1. The van der Waals surface area contributed by atoms with E-state index < -0.39 is 11.6 Å².